The van der Waals surface area contributed by atoms with Gasteiger partial charge in [0.1, 0.15) is 22.0 Å². The lowest BCUT2D eigenvalue weighted by atomic mass is 10.1. The van der Waals surface area contributed by atoms with Crippen LogP contribution in [0.2, 0.25) is 0 Å². The zero-order chi connectivity index (χ0) is 39.1. The lowest BCUT2D eigenvalue weighted by Crippen LogP contribution is -2.26. The number of rotatable bonds is 2. The van der Waals surface area contributed by atoms with Crippen molar-refractivity contribution in [2.75, 3.05) is 19.1 Å². The molecule has 2 atom stereocenters. The molecule has 0 amide bonds. The molecular formula is C39H112B6N6O3S2. The molecule has 18 radical (unpaired) electrons. The summed E-state index contributed by atoms with van der Waals surface area (Å²) in [5.41, 5.74) is 23.1. The van der Waals surface area contributed by atoms with Crippen molar-refractivity contribution in [2.24, 2.45) is 31.7 Å². The van der Waals surface area contributed by atoms with Crippen molar-refractivity contribution in [3.63, 3.8) is 0 Å². The van der Waals surface area contributed by atoms with Gasteiger partial charge in [0, 0.05) is 103 Å². The Bertz CT molecular complexity index is 535. The lowest BCUT2D eigenvalue weighted by Gasteiger charge is -2.06. The van der Waals surface area contributed by atoms with Gasteiger partial charge in [-0.3, -0.25) is 0 Å². The standard InChI is InChI=1S/2C4H9NOS.4C4H11N.C3H8.C2H6O.2C2H6.6CH4.6B/c2*1-4(2)5-7(3)6;4*1-4(2,3)5;1-3-2;1-2-3;2*1-2;;;;;;;;;;;;/h2*1-3H3;4*5H2,1-3H3;3H2,1-2H3;3H,2H2,1H3;2*1-2H3;6*1H4;;;;;;/t2*7-;;;;;;;;;;;;;;;;;;;;/m00..................../s1. The van der Waals surface area contributed by atoms with E-state index in [4.69, 9.17) is 28.0 Å². The molecule has 0 fully saturated rings. The van der Waals surface area contributed by atoms with E-state index in [1.54, 1.807) is 19.4 Å². The molecule has 0 unspecified atom stereocenters. The van der Waals surface area contributed by atoms with Crippen molar-refractivity contribution in [1.29, 1.82) is 0 Å². The monoisotopic (exact) mass is 843 g/mol. The highest BCUT2D eigenvalue weighted by atomic mass is 32.2. The summed E-state index contributed by atoms with van der Waals surface area (Å²) in [5, 5.41) is 7.57. The number of hydrogen-bond donors (Lipinski definition) is 5. The molecule has 17 heteroatoms. The highest BCUT2D eigenvalue weighted by Crippen LogP contribution is 1.89. The van der Waals surface area contributed by atoms with Crippen molar-refractivity contribution < 1.29 is 13.5 Å². The van der Waals surface area contributed by atoms with Crippen LogP contribution in [-0.2, 0) is 22.0 Å². The van der Waals surface area contributed by atoms with Crippen molar-refractivity contribution in [2.45, 2.75) is 232 Å². The maximum atomic E-state index is 10.2. The lowest BCUT2D eigenvalue weighted by molar-refractivity contribution is 0.318. The molecule has 0 aliphatic carbocycles. The molecule has 0 aliphatic heterocycles. The quantitative estimate of drug-likeness (QED) is 0.135. The second-order valence-corrected chi connectivity index (χ2v) is 15.5. The van der Waals surface area contributed by atoms with E-state index in [1.807, 2.05) is 138 Å². The first-order valence-corrected chi connectivity index (χ1v) is 18.6. The second kappa shape index (κ2) is 100. The van der Waals surface area contributed by atoms with Crippen LogP contribution in [0.4, 0.5) is 0 Å². The molecule has 0 aromatic carbocycles. The first kappa shape index (κ1) is 147. The third-order valence-electron chi connectivity index (χ3n) is 0.622. The van der Waals surface area contributed by atoms with Crippen LogP contribution in [-0.4, -0.2) is 117 Å². The van der Waals surface area contributed by atoms with Crippen LogP contribution in [0.3, 0.4) is 0 Å². The number of hydrogen-bond acceptors (Lipinski definition) is 7. The SMILES string of the molecule is C.C.C.C.C.C.CC.CC.CC(C)(C)N.CC(C)(C)N.CC(C)(C)N.CC(C)(C)N.CC(C)=N[S@](C)=O.CC(C)=N[S@](C)=O.CCC.CCO.[B].[B].[B].[B].[B].[B]. The van der Waals surface area contributed by atoms with E-state index in [9.17, 15) is 8.42 Å². The fraction of sp³-hybridized carbons (Fsp3) is 0.949. The van der Waals surface area contributed by atoms with Crippen LogP contribution in [0.15, 0.2) is 8.80 Å². The molecule has 0 aliphatic rings. The Labute approximate surface area is 379 Å². The summed E-state index contributed by atoms with van der Waals surface area (Å²) < 4.78 is 27.7. The number of nitrogens with zero attached hydrogens (tertiary/aromatic N) is 2. The summed E-state index contributed by atoms with van der Waals surface area (Å²) in [4.78, 5) is 0. The first-order valence-electron chi connectivity index (χ1n) is 15.6. The summed E-state index contributed by atoms with van der Waals surface area (Å²) >= 11 is 0. The molecule has 0 bridgehead atoms. The maximum absolute atomic E-state index is 10.2. The summed E-state index contributed by atoms with van der Waals surface area (Å²) in [7, 11) is -2.02. The second-order valence-electron chi connectivity index (χ2n) is 13.4. The van der Waals surface area contributed by atoms with Crippen molar-refractivity contribution >= 4 is 83.9 Å². The van der Waals surface area contributed by atoms with E-state index in [2.05, 4.69) is 22.6 Å². The fourth-order valence-corrected chi connectivity index (χ4v) is 1.54. The van der Waals surface area contributed by atoms with Crippen LogP contribution in [0.25, 0.3) is 0 Å². The Morgan fingerprint density at radius 3 is 0.500 bits per heavy atom. The van der Waals surface area contributed by atoms with Crippen LogP contribution in [0.1, 0.15) is 210 Å². The van der Waals surface area contributed by atoms with Crippen LogP contribution in [0.5, 0.6) is 0 Å². The Balaban J connectivity index is -0.0000000114. The molecule has 0 aromatic rings. The molecule has 0 aromatic heterocycles. The number of aliphatic hydroxyl groups excluding tert-OH is 1. The van der Waals surface area contributed by atoms with Gasteiger partial charge in [-0.1, -0.05) is 92.5 Å². The largest absolute Gasteiger partial charge is 0.397 e. The highest BCUT2D eigenvalue weighted by Gasteiger charge is 1.97. The first-order chi connectivity index (χ1) is 19.1. The third kappa shape index (κ3) is 2450. The minimum atomic E-state index is -1.01. The summed E-state index contributed by atoms with van der Waals surface area (Å²) in [6.07, 6.45) is 4.35. The van der Waals surface area contributed by atoms with Crippen LogP contribution >= 0.6 is 0 Å². The van der Waals surface area contributed by atoms with Gasteiger partial charge < -0.3 is 28.0 Å². The minimum absolute atomic E-state index is 0. The van der Waals surface area contributed by atoms with E-state index in [1.165, 1.54) is 6.42 Å². The Kier molecular flexibility index (Phi) is 262. The normalized spacial score (nSPS) is 8.39. The zero-order valence-electron chi connectivity index (χ0n) is 38.2. The molecule has 0 rings (SSSR count). The predicted octanol–water partition coefficient (Wildman–Crippen LogP) is 9.49. The summed E-state index contributed by atoms with van der Waals surface area (Å²) in [5.74, 6) is 0. The molecule has 0 saturated heterocycles. The Hall–Kier alpha value is -0.170. The fourth-order valence-electron chi connectivity index (χ4n) is 0.514. The molecule has 0 saturated carbocycles. The van der Waals surface area contributed by atoms with Gasteiger partial charge in [0.25, 0.3) is 0 Å². The zero-order valence-corrected chi connectivity index (χ0v) is 39.8. The van der Waals surface area contributed by atoms with Crippen LogP contribution < -0.4 is 22.9 Å². The van der Waals surface area contributed by atoms with Gasteiger partial charge in [-0.2, -0.15) is 8.80 Å². The van der Waals surface area contributed by atoms with E-state index >= 15 is 0 Å². The molecule has 0 heterocycles. The molecule has 0 spiro atoms. The van der Waals surface area contributed by atoms with Gasteiger partial charge in [0.2, 0.25) is 0 Å². The van der Waals surface area contributed by atoms with Gasteiger partial charge in [-0.15, -0.1) is 0 Å². The van der Waals surface area contributed by atoms with Gasteiger partial charge in [0.05, 0.1) is 0 Å². The van der Waals surface area contributed by atoms with E-state index in [-0.39, 0.29) is 124 Å². The summed E-state index contributed by atoms with van der Waals surface area (Å²) in [6, 6.07) is 0. The van der Waals surface area contributed by atoms with Crippen LogP contribution in [0, 0.1) is 0 Å². The van der Waals surface area contributed by atoms with E-state index in [0.29, 0.717) is 0 Å². The smallest absolute Gasteiger partial charge is 0.136 e. The van der Waals surface area contributed by atoms with Gasteiger partial charge in [0.15, 0.2) is 0 Å². The predicted molar refractivity (Wildman–Crippen MR) is 288 cm³/mol. The topological polar surface area (TPSA) is 183 Å². The molecule has 9 nitrogen and oxygen atoms in total. The summed E-state index contributed by atoms with van der Waals surface area (Å²) in [6.45, 7) is 45.0. The highest BCUT2D eigenvalue weighted by molar-refractivity contribution is 7.83. The molecule has 56 heavy (non-hydrogen) atoms. The van der Waals surface area contributed by atoms with E-state index < -0.39 is 22.0 Å². The van der Waals surface area contributed by atoms with Gasteiger partial charge in [-0.05, 0) is 118 Å². The molecular weight excluding hydrogens is 729 g/mol. The van der Waals surface area contributed by atoms with Gasteiger partial charge >= 0.3 is 0 Å². The van der Waals surface area contributed by atoms with Gasteiger partial charge in [-0.25, -0.2) is 8.42 Å². The van der Waals surface area contributed by atoms with E-state index in [0.717, 1.165) is 11.4 Å². The van der Waals surface area contributed by atoms with Crippen molar-refractivity contribution in [3.05, 3.63) is 0 Å². The minimum Gasteiger partial charge on any atom is -0.397 e. The number of aliphatic hydroxyl groups is 1. The average Bonchev–Trinajstić information content (AvgIpc) is 2.65. The Morgan fingerprint density at radius 2 is 0.500 bits per heavy atom. The average molecular weight is 842 g/mol. The maximum Gasteiger partial charge on any atom is 0.136 e. The Morgan fingerprint density at radius 1 is 0.446 bits per heavy atom. The third-order valence-corrected chi connectivity index (χ3v) is 1.87. The van der Waals surface area contributed by atoms with Crippen molar-refractivity contribution in [1.82, 2.24) is 0 Å². The molecule has 9 N–H and O–H groups in total. The number of nitrogens with two attached hydrogens (primary N) is 4. The van der Waals surface area contributed by atoms with Crippen molar-refractivity contribution in [3.8, 4) is 0 Å². The molecule has 346 valence electrons.